The van der Waals surface area contributed by atoms with Crippen molar-refractivity contribution in [3.63, 3.8) is 0 Å². The molecule has 2 atom stereocenters. The third-order valence-corrected chi connectivity index (χ3v) is 5.12. The molecule has 0 bridgehead atoms. The van der Waals surface area contributed by atoms with Crippen molar-refractivity contribution in [1.29, 1.82) is 0 Å². The van der Waals surface area contributed by atoms with Crippen LogP contribution in [-0.2, 0) is 9.84 Å². The molecule has 0 saturated carbocycles. The second-order valence-electron chi connectivity index (χ2n) is 4.55. The zero-order valence-electron chi connectivity index (χ0n) is 10.4. The van der Waals surface area contributed by atoms with Crippen molar-refractivity contribution in [2.75, 3.05) is 5.75 Å². The van der Waals surface area contributed by atoms with Crippen LogP contribution < -0.4 is 5.32 Å². The molecule has 0 fully saturated rings. The molecule has 1 aliphatic heterocycles. The van der Waals surface area contributed by atoms with Gasteiger partial charge >= 0.3 is 0 Å². The van der Waals surface area contributed by atoms with Gasteiger partial charge < -0.3 is 5.32 Å². The van der Waals surface area contributed by atoms with Gasteiger partial charge in [0, 0.05) is 18.5 Å². The number of terminal acetylenes is 1. The molecular formula is C14H17NO2S. The summed E-state index contributed by atoms with van der Waals surface area (Å²) in [6.45, 7) is 2.05. The molecule has 0 amide bonds. The van der Waals surface area contributed by atoms with E-state index in [4.69, 9.17) is 6.42 Å². The van der Waals surface area contributed by atoms with Crippen molar-refractivity contribution in [2.45, 2.75) is 36.7 Å². The standard InChI is InChI=1S/C14H17NO2S/c1-3-7-11(4-2)15-13-10-18(16,17)14-9-6-5-8-12(13)14/h1,5-6,8-9,11,13,15H,4,7,10H2,2H3. The van der Waals surface area contributed by atoms with Crippen molar-refractivity contribution < 1.29 is 8.42 Å². The van der Waals surface area contributed by atoms with Crippen LogP contribution in [0.1, 0.15) is 31.4 Å². The molecule has 0 saturated heterocycles. The Balaban J connectivity index is 2.26. The number of rotatable bonds is 4. The number of hydrogen-bond acceptors (Lipinski definition) is 3. The van der Waals surface area contributed by atoms with Gasteiger partial charge in [0.15, 0.2) is 9.84 Å². The third kappa shape index (κ3) is 2.43. The summed E-state index contributed by atoms with van der Waals surface area (Å²) in [6, 6.07) is 7.22. The Morgan fingerprint density at radius 1 is 1.50 bits per heavy atom. The van der Waals surface area contributed by atoms with E-state index in [0.717, 1.165) is 12.0 Å². The van der Waals surface area contributed by atoms with Crippen molar-refractivity contribution in [1.82, 2.24) is 5.32 Å². The Kier molecular flexibility index (Phi) is 3.74. The fraction of sp³-hybridized carbons (Fsp3) is 0.429. The number of sulfone groups is 1. The first-order valence-electron chi connectivity index (χ1n) is 6.09. The Morgan fingerprint density at radius 2 is 2.22 bits per heavy atom. The van der Waals surface area contributed by atoms with Gasteiger partial charge in [0.1, 0.15) is 0 Å². The number of hydrogen-bond donors (Lipinski definition) is 1. The molecule has 0 aromatic heterocycles. The van der Waals surface area contributed by atoms with Gasteiger partial charge in [-0.2, -0.15) is 0 Å². The van der Waals surface area contributed by atoms with Crippen LogP contribution in [0, 0.1) is 12.3 Å². The van der Waals surface area contributed by atoms with Crippen molar-refractivity contribution in [3.8, 4) is 12.3 Å². The molecule has 4 heteroatoms. The van der Waals surface area contributed by atoms with Crippen molar-refractivity contribution in [3.05, 3.63) is 29.8 Å². The molecule has 2 rings (SSSR count). The van der Waals surface area contributed by atoms with Crippen LogP contribution >= 0.6 is 0 Å². The predicted octanol–water partition coefficient (Wildman–Crippen LogP) is 1.91. The molecule has 0 radical (unpaired) electrons. The van der Waals surface area contributed by atoms with Crippen LogP contribution in [0.4, 0.5) is 0 Å². The zero-order chi connectivity index (χ0) is 13.2. The van der Waals surface area contributed by atoms with E-state index in [1.807, 2.05) is 19.1 Å². The summed E-state index contributed by atoms with van der Waals surface area (Å²) in [4.78, 5) is 0.457. The van der Waals surface area contributed by atoms with Gasteiger partial charge in [-0.15, -0.1) is 12.3 Å². The average Bonchev–Trinajstić information content (AvgIpc) is 2.61. The smallest absolute Gasteiger partial charge is 0.180 e. The third-order valence-electron chi connectivity index (χ3n) is 3.31. The molecule has 2 unspecified atom stereocenters. The molecule has 0 aliphatic carbocycles. The van der Waals surface area contributed by atoms with Crippen LogP contribution in [0.5, 0.6) is 0 Å². The van der Waals surface area contributed by atoms with E-state index in [9.17, 15) is 8.42 Å². The van der Waals surface area contributed by atoms with Gasteiger partial charge in [-0.1, -0.05) is 25.1 Å². The first kappa shape index (κ1) is 13.1. The number of benzene rings is 1. The first-order valence-corrected chi connectivity index (χ1v) is 7.75. The van der Waals surface area contributed by atoms with E-state index in [0.29, 0.717) is 11.3 Å². The average molecular weight is 263 g/mol. The van der Waals surface area contributed by atoms with Crippen LogP contribution in [0.25, 0.3) is 0 Å². The fourth-order valence-electron chi connectivity index (χ4n) is 2.34. The highest BCUT2D eigenvalue weighted by Gasteiger charge is 2.34. The van der Waals surface area contributed by atoms with Gasteiger partial charge in [0.05, 0.1) is 10.6 Å². The van der Waals surface area contributed by atoms with E-state index < -0.39 is 9.84 Å². The van der Waals surface area contributed by atoms with Gasteiger partial charge in [-0.25, -0.2) is 8.42 Å². The van der Waals surface area contributed by atoms with Gasteiger partial charge in [0.25, 0.3) is 0 Å². The second kappa shape index (κ2) is 5.13. The first-order chi connectivity index (χ1) is 8.58. The topological polar surface area (TPSA) is 46.2 Å². The van der Waals surface area contributed by atoms with Gasteiger partial charge in [0.2, 0.25) is 0 Å². The Bertz CT molecular complexity index is 572. The van der Waals surface area contributed by atoms with Crippen LogP contribution in [-0.4, -0.2) is 20.2 Å². The molecule has 0 spiro atoms. The lowest BCUT2D eigenvalue weighted by Gasteiger charge is -2.19. The van der Waals surface area contributed by atoms with Crippen LogP contribution in [0.3, 0.4) is 0 Å². The predicted molar refractivity (Wildman–Crippen MR) is 71.9 cm³/mol. The minimum absolute atomic E-state index is 0.132. The summed E-state index contributed by atoms with van der Waals surface area (Å²) in [5, 5.41) is 3.36. The van der Waals surface area contributed by atoms with E-state index >= 15 is 0 Å². The highest BCUT2D eigenvalue weighted by Crippen LogP contribution is 2.33. The lowest BCUT2D eigenvalue weighted by atomic mass is 10.1. The normalized spacial score (nSPS) is 22.1. The van der Waals surface area contributed by atoms with Gasteiger partial charge in [-0.3, -0.25) is 0 Å². The maximum Gasteiger partial charge on any atom is 0.180 e. The lowest BCUT2D eigenvalue weighted by Crippen LogP contribution is -2.33. The van der Waals surface area contributed by atoms with E-state index in [2.05, 4.69) is 11.2 Å². The summed E-state index contributed by atoms with van der Waals surface area (Å²) in [5.41, 5.74) is 0.868. The molecule has 1 aromatic rings. The largest absolute Gasteiger partial charge is 0.305 e. The Morgan fingerprint density at radius 3 is 2.89 bits per heavy atom. The maximum absolute atomic E-state index is 12.0. The Labute approximate surface area is 109 Å². The van der Waals surface area contributed by atoms with Crippen LogP contribution in [0.2, 0.25) is 0 Å². The molecule has 1 N–H and O–H groups in total. The molecule has 1 heterocycles. The molecule has 1 aromatic carbocycles. The zero-order valence-corrected chi connectivity index (χ0v) is 11.2. The van der Waals surface area contributed by atoms with Gasteiger partial charge in [-0.05, 0) is 18.1 Å². The SMILES string of the molecule is C#CCC(CC)NC1CS(=O)(=O)c2ccccc21. The summed E-state index contributed by atoms with van der Waals surface area (Å²) in [7, 11) is -3.14. The number of nitrogens with one attached hydrogen (secondary N) is 1. The summed E-state index contributed by atoms with van der Waals surface area (Å²) >= 11 is 0. The maximum atomic E-state index is 12.0. The highest BCUT2D eigenvalue weighted by molar-refractivity contribution is 7.91. The van der Waals surface area contributed by atoms with E-state index in [-0.39, 0.29) is 17.8 Å². The van der Waals surface area contributed by atoms with E-state index in [1.165, 1.54) is 0 Å². The monoisotopic (exact) mass is 263 g/mol. The quantitative estimate of drug-likeness (QED) is 0.844. The minimum atomic E-state index is -3.14. The van der Waals surface area contributed by atoms with Crippen molar-refractivity contribution >= 4 is 9.84 Å². The minimum Gasteiger partial charge on any atom is -0.305 e. The lowest BCUT2D eigenvalue weighted by molar-refractivity contribution is 0.452. The summed E-state index contributed by atoms with van der Waals surface area (Å²) < 4.78 is 24.0. The molecule has 3 nitrogen and oxygen atoms in total. The molecule has 1 aliphatic rings. The Hall–Kier alpha value is -1.31. The highest BCUT2D eigenvalue weighted by atomic mass is 32.2. The summed E-state index contributed by atoms with van der Waals surface area (Å²) in [6.07, 6.45) is 6.83. The molecule has 96 valence electrons. The molecular weight excluding hydrogens is 246 g/mol. The number of fused-ring (bicyclic) bond motifs is 1. The van der Waals surface area contributed by atoms with E-state index in [1.54, 1.807) is 12.1 Å². The van der Waals surface area contributed by atoms with Crippen molar-refractivity contribution in [2.24, 2.45) is 0 Å². The second-order valence-corrected chi connectivity index (χ2v) is 6.55. The molecule has 18 heavy (non-hydrogen) atoms. The fourth-order valence-corrected chi connectivity index (χ4v) is 4.09. The van der Waals surface area contributed by atoms with Crippen LogP contribution in [0.15, 0.2) is 29.2 Å². The summed E-state index contributed by atoms with van der Waals surface area (Å²) in [5.74, 6) is 2.76.